The fourth-order valence-electron chi connectivity index (χ4n) is 14.4. The second-order valence-corrected chi connectivity index (χ2v) is 81.3. The molecule has 0 aromatic rings. The van der Waals surface area contributed by atoms with Gasteiger partial charge in [0.2, 0.25) is 0 Å². The van der Waals surface area contributed by atoms with Crippen LogP contribution in [-0.4, -0.2) is 399 Å². The Labute approximate surface area is 775 Å². The number of aliphatic hydroxyl groups is 13. The molecule has 21 saturated heterocycles. The van der Waals surface area contributed by atoms with Crippen LogP contribution in [0.3, 0.4) is 0 Å². The Hall–Kier alpha value is 0.0782. The number of hydrogen-bond acceptors (Lipinski definition) is 36. The van der Waals surface area contributed by atoms with E-state index < -0.39 is 308 Å². The van der Waals surface area contributed by atoms with E-state index in [9.17, 15) is 66.4 Å². The zero-order valence-electron chi connectivity index (χ0n) is 84.0. The van der Waals surface area contributed by atoms with Crippen molar-refractivity contribution in [3.63, 3.8) is 0 Å². The van der Waals surface area contributed by atoms with Gasteiger partial charge in [-0.3, -0.25) is 0 Å². The second-order valence-electron chi connectivity index (χ2n) is 47.7. The van der Waals surface area contributed by atoms with Crippen LogP contribution in [0.1, 0.15) is 145 Å². The van der Waals surface area contributed by atoms with Crippen molar-refractivity contribution in [3.05, 3.63) is 0 Å². The van der Waals surface area contributed by atoms with Gasteiger partial charge in [-0.2, -0.15) is 0 Å². The van der Waals surface area contributed by atoms with E-state index in [4.69, 9.17) is 103 Å². The zero-order chi connectivity index (χ0) is 98.1. The summed E-state index contributed by atoms with van der Waals surface area (Å²) >= 11 is 0. The molecule has 0 saturated carbocycles. The average Bonchev–Trinajstić information content (AvgIpc) is 0.838. The van der Waals surface area contributed by atoms with Crippen LogP contribution in [0.4, 0.5) is 0 Å². The summed E-state index contributed by atoms with van der Waals surface area (Å²) in [6.45, 7) is 67.8. The molecule has 129 heavy (non-hydrogen) atoms. The monoisotopic (exact) mass is 1980 g/mol. The zero-order valence-corrected chi connectivity index (χ0v) is 91.0. The van der Waals surface area contributed by atoms with Gasteiger partial charge in [-0.05, 0) is 127 Å². The molecule has 35 atom stereocenters. The van der Waals surface area contributed by atoms with E-state index in [-0.39, 0.29) is 59.3 Å². The van der Waals surface area contributed by atoms with Crippen LogP contribution >= 0.6 is 0 Å². The molecule has 21 heterocycles. The summed E-state index contributed by atoms with van der Waals surface area (Å²) in [7, 11) is -19.7. The SMILES string of the molecule is CC(C)(C)[Si](C)(C)OC[C@H]1O[C@@H]2O[C@H]3[C@H](O)[C@@H](O)[C@@H](O[C@H]4[C@H](O)[C@@H](O)[C@@H](O[C@H]5[C@H](O)[C@@H](O)[C@@H](O[C@H]6[C@H](O)[C@@H](O)[C@@H](O[C@H]7[C@H](O)[C@@H](O)[C@@H](O[C@H]8[C@@H](NCCN)[C@H](O)[C@@H](O[C@H]1[C@H](O)[C@H]2O)O[C@@H]8CO[Si](C)(C)C(C)(C)C)O[C@@H]7CO[Si](C)(C)C(C)(C)C)O[C@@H]6CO[Si](C)(C)C(C)(C)C)O[C@@H]5CO[Si](C)(C)C(C)(C)C)O[C@@H]4CO[Si](C)(C)C(C)(C)C)O[C@@H]3CO[Si](C)(C)C(C)(C)C. The molecule has 21 aliphatic rings. The quantitative estimate of drug-likeness (QED) is 0.0528. The molecule has 21 fully saturated rings. The first-order valence-electron chi connectivity index (χ1n) is 46.4. The molecule has 0 amide bonds. The molecular formula is C86H174N2O34Si7. The van der Waals surface area contributed by atoms with Gasteiger partial charge in [0.15, 0.2) is 102 Å². The lowest BCUT2D eigenvalue weighted by molar-refractivity contribution is -0.396. The summed E-state index contributed by atoms with van der Waals surface area (Å²) < 4.78 is 143. The Morgan fingerprint density at radius 2 is 0.341 bits per heavy atom. The molecule has 21 rings (SSSR count). The first-order chi connectivity index (χ1) is 58.5. The number of nitrogens with one attached hydrogen (secondary N) is 1. The fourth-order valence-corrected chi connectivity index (χ4v) is 21.5. The maximum Gasteiger partial charge on any atom is 0.192 e. The number of aliphatic hydroxyl groups excluding tert-OH is 13. The van der Waals surface area contributed by atoms with Crippen LogP contribution < -0.4 is 11.1 Å². The molecule has 0 radical (unpaired) electrons. The third-order valence-corrected chi connectivity index (χ3v) is 62.5. The highest BCUT2D eigenvalue weighted by Crippen LogP contribution is 2.48. The Morgan fingerprint density at radius 1 is 0.209 bits per heavy atom. The Kier molecular flexibility index (Phi) is 37.9. The van der Waals surface area contributed by atoms with Gasteiger partial charge in [0.05, 0.1) is 52.3 Å². The molecule has 21 aliphatic heterocycles. The van der Waals surface area contributed by atoms with E-state index in [0.29, 0.717) is 0 Å². The first-order valence-corrected chi connectivity index (χ1v) is 66.8. The summed E-state index contributed by atoms with van der Waals surface area (Å²) in [6.07, 6.45) is -61.5. The predicted octanol–water partition coefficient (Wildman–Crippen LogP) is 5.53. The van der Waals surface area contributed by atoms with Crippen LogP contribution in [0, 0.1) is 0 Å². The molecule has 0 aliphatic carbocycles. The molecule has 43 heteroatoms. The van der Waals surface area contributed by atoms with E-state index in [1.807, 2.05) is 237 Å². The van der Waals surface area contributed by atoms with E-state index in [1.54, 1.807) is 0 Å². The van der Waals surface area contributed by atoms with Crippen molar-refractivity contribution in [3.8, 4) is 0 Å². The highest BCUT2D eigenvalue weighted by Gasteiger charge is 2.63. The lowest BCUT2D eigenvalue weighted by atomic mass is 9.93. The smallest absolute Gasteiger partial charge is 0.192 e. The number of nitrogens with two attached hydrogens (primary N) is 1. The van der Waals surface area contributed by atoms with Gasteiger partial charge in [-0.1, -0.05) is 145 Å². The Morgan fingerprint density at radius 3 is 0.481 bits per heavy atom. The van der Waals surface area contributed by atoms with Crippen molar-refractivity contribution in [2.45, 2.75) is 487 Å². The number of hydrogen-bond donors (Lipinski definition) is 15. The molecular weight excluding hydrogens is 1800 g/mol. The van der Waals surface area contributed by atoms with E-state index in [1.165, 1.54) is 0 Å². The lowest BCUT2D eigenvalue weighted by Crippen LogP contribution is -2.70. The maximum atomic E-state index is 13.2. The Bertz CT molecular complexity index is 3390. The average molecular weight is 1980 g/mol. The normalized spacial score (nSPS) is 39.8. The second kappa shape index (κ2) is 42.7. The van der Waals surface area contributed by atoms with Crippen LogP contribution in [-0.2, 0) is 97.3 Å². The van der Waals surface area contributed by atoms with Gasteiger partial charge in [0.1, 0.15) is 165 Å². The minimum atomic E-state index is -2.81. The van der Waals surface area contributed by atoms with Crippen molar-refractivity contribution in [2.24, 2.45) is 5.73 Å². The maximum absolute atomic E-state index is 13.2. The lowest BCUT2D eigenvalue weighted by Gasteiger charge is -2.52. The molecule has 760 valence electrons. The van der Waals surface area contributed by atoms with Crippen LogP contribution in [0.25, 0.3) is 0 Å². The van der Waals surface area contributed by atoms with Gasteiger partial charge >= 0.3 is 0 Å². The Balaban J connectivity index is 1.33. The molecule has 36 nitrogen and oxygen atoms in total. The minimum absolute atomic E-state index is 0.00428. The highest BCUT2D eigenvalue weighted by atomic mass is 28.4. The molecule has 0 aromatic heterocycles. The van der Waals surface area contributed by atoms with Gasteiger partial charge in [0.25, 0.3) is 0 Å². The summed E-state index contributed by atoms with van der Waals surface area (Å²) in [6, 6.07) is -1.32. The van der Waals surface area contributed by atoms with Gasteiger partial charge in [-0.15, -0.1) is 0 Å². The van der Waals surface area contributed by atoms with Crippen LogP contribution in [0.2, 0.25) is 127 Å². The van der Waals surface area contributed by atoms with Crippen molar-refractivity contribution >= 4 is 58.2 Å². The van der Waals surface area contributed by atoms with E-state index in [0.717, 1.165) is 0 Å². The van der Waals surface area contributed by atoms with Crippen LogP contribution in [0.15, 0.2) is 0 Å². The molecule has 14 bridgehead atoms. The standard InChI is InChI=1S/C86H174N2O34Si7/c1-80(2,3)123(22,23)102-38-45-66-52(88-37-36-87)53(89)73(109-45)117-67-46(39-103-124(24,25)81(4,5)6)111-75(61(97)55(67)91)119-69-48(41-105-126(28,29)83(10,11)12)113-77(63(99)57(69)93)121-71-50(43-107-128(32,33)85(16,17)18)115-79(65(101)59(71)95)122-72-51(44-108-129(34,35)86(19,20)21)114-78(64(100)58(72)94)120-70-49(42-106-127(30,31)84(13,14)15)112-76(62(98)56(70)92)118-68-47(40-104-125(26,27)82(7,8)9)110-74(116-66)60(96)54(68)90/h45-79,88-101H,36-44,87H2,1-35H3/t45-,46-,47-,48-,49-,50-,51-,52+,53+,54-,55-,56-,57-,58-,59-,60-,61-,62-,63-,64-,65-,66-,67-,68-,69-,70-,71-,72-,73-,74-,75-,76-,77-,78-,79-/m1/s1. The summed E-state index contributed by atoms with van der Waals surface area (Å²) in [5, 5.41) is 167. The summed E-state index contributed by atoms with van der Waals surface area (Å²) in [5.74, 6) is 0. The molecule has 16 N–H and O–H groups in total. The topological polar surface area (TPSA) is 495 Å². The highest BCUT2D eigenvalue weighted by molar-refractivity contribution is 6.76. The van der Waals surface area contributed by atoms with Crippen molar-refractivity contribution in [1.82, 2.24) is 5.32 Å². The van der Waals surface area contributed by atoms with Crippen molar-refractivity contribution in [1.29, 1.82) is 0 Å². The van der Waals surface area contributed by atoms with Gasteiger partial charge in [0, 0.05) is 13.1 Å². The predicted molar refractivity (Wildman–Crippen MR) is 496 cm³/mol. The largest absolute Gasteiger partial charge is 0.414 e. The van der Waals surface area contributed by atoms with E-state index >= 15 is 0 Å². The fraction of sp³-hybridized carbons (Fsp3) is 1.00. The summed E-state index contributed by atoms with van der Waals surface area (Å²) in [5.41, 5.74) is 6.29. The third-order valence-electron chi connectivity index (χ3n) is 31.0. The summed E-state index contributed by atoms with van der Waals surface area (Å²) in [4.78, 5) is 0. The van der Waals surface area contributed by atoms with Gasteiger partial charge < -0.3 is 175 Å². The van der Waals surface area contributed by atoms with Gasteiger partial charge in [-0.25, -0.2) is 0 Å². The van der Waals surface area contributed by atoms with Crippen molar-refractivity contribution in [2.75, 3.05) is 59.3 Å². The third kappa shape index (κ3) is 26.5. The number of rotatable bonds is 24. The number of ether oxygens (including phenoxy) is 14. The minimum Gasteiger partial charge on any atom is -0.414 e. The molecule has 0 spiro atoms. The molecule has 0 unspecified atom stereocenters. The molecule has 0 aromatic carbocycles. The first kappa shape index (κ1) is 114. The van der Waals surface area contributed by atoms with Crippen molar-refractivity contribution < 1.29 is 164 Å². The van der Waals surface area contributed by atoms with E-state index in [2.05, 4.69) is 5.32 Å². The van der Waals surface area contributed by atoms with Crippen LogP contribution in [0.5, 0.6) is 0 Å².